The third kappa shape index (κ3) is 4.45. The zero-order chi connectivity index (χ0) is 22.3. The highest BCUT2D eigenvalue weighted by Crippen LogP contribution is 2.32. The quantitative estimate of drug-likeness (QED) is 0.423. The summed E-state index contributed by atoms with van der Waals surface area (Å²) in [6.45, 7) is 8.10. The first-order chi connectivity index (χ1) is 14.7. The Hall–Kier alpha value is -2.47. The van der Waals surface area contributed by atoms with E-state index in [4.69, 9.17) is 23.2 Å². The molecule has 4 rings (SSSR count). The molecule has 0 spiro atoms. The van der Waals surface area contributed by atoms with Gasteiger partial charge in [0.05, 0.1) is 20.6 Å². The van der Waals surface area contributed by atoms with Crippen molar-refractivity contribution in [3.8, 4) is 5.69 Å². The molecule has 1 amide bonds. The van der Waals surface area contributed by atoms with Gasteiger partial charge >= 0.3 is 0 Å². The number of nitrogens with one attached hydrogen (secondary N) is 1. The van der Waals surface area contributed by atoms with E-state index in [1.165, 1.54) is 17.3 Å². The van der Waals surface area contributed by atoms with Gasteiger partial charge < -0.3 is 9.88 Å². The highest BCUT2D eigenvalue weighted by molar-refractivity contribution is 8.18. The van der Waals surface area contributed by atoms with E-state index >= 15 is 0 Å². The van der Waals surface area contributed by atoms with Crippen LogP contribution in [-0.4, -0.2) is 15.6 Å². The summed E-state index contributed by atoms with van der Waals surface area (Å²) < 4.78 is 2.09. The van der Waals surface area contributed by atoms with E-state index in [2.05, 4.69) is 27.0 Å². The second-order valence-electron chi connectivity index (χ2n) is 7.53. The number of hydrogen-bond donors (Lipinski definition) is 1. The molecule has 1 aliphatic heterocycles. The Bertz CT molecular complexity index is 1270. The van der Waals surface area contributed by atoms with Crippen molar-refractivity contribution in [1.29, 1.82) is 0 Å². The fraction of sp³-hybridized carbons (Fsp3) is 0.167. The number of aliphatic imine (C=N–C) groups is 1. The molecule has 0 atom stereocenters. The molecule has 3 aromatic rings. The van der Waals surface area contributed by atoms with Crippen LogP contribution in [0.4, 0.5) is 5.69 Å². The Morgan fingerprint density at radius 1 is 1.00 bits per heavy atom. The summed E-state index contributed by atoms with van der Waals surface area (Å²) in [4.78, 5) is 17.8. The van der Waals surface area contributed by atoms with Crippen LogP contribution in [0.5, 0.6) is 0 Å². The van der Waals surface area contributed by atoms with E-state index < -0.39 is 0 Å². The van der Waals surface area contributed by atoms with Crippen LogP contribution >= 0.6 is 35.0 Å². The topological polar surface area (TPSA) is 46.4 Å². The third-order valence-electron chi connectivity index (χ3n) is 5.14. The molecular formula is C24H21Cl2N3OS. The molecule has 0 saturated carbocycles. The Morgan fingerprint density at radius 2 is 1.77 bits per heavy atom. The molecule has 2 heterocycles. The van der Waals surface area contributed by atoms with Crippen molar-refractivity contribution >= 4 is 57.8 Å². The summed E-state index contributed by atoms with van der Waals surface area (Å²) in [6, 6.07) is 13.7. The lowest BCUT2D eigenvalue weighted by Crippen LogP contribution is -2.19. The number of nitrogens with zero attached hydrogens (tertiary/aromatic N) is 2. The van der Waals surface area contributed by atoms with Gasteiger partial charge in [0.2, 0.25) is 0 Å². The summed E-state index contributed by atoms with van der Waals surface area (Å²) in [5.41, 5.74) is 7.05. The first kappa shape index (κ1) is 21.8. The predicted molar refractivity (Wildman–Crippen MR) is 132 cm³/mol. The maximum absolute atomic E-state index is 12.6. The van der Waals surface area contributed by atoms with E-state index in [0.29, 0.717) is 20.1 Å². The number of thioether (sulfide) groups is 1. The highest BCUT2D eigenvalue weighted by Gasteiger charge is 2.25. The van der Waals surface area contributed by atoms with Gasteiger partial charge in [-0.1, -0.05) is 40.9 Å². The predicted octanol–water partition coefficient (Wildman–Crippen LogP) is 6.91. The van der Waals surface area contributed by atoms with Gasteiger partial charge in [0.25, 0.3) is 5.91 Å². The summed E-state index contributed by atoms with van der Waals surface area (Å²) in [5.74, 6) is -0.146. The van der Waals surface area contributed by atoms with Gasteiger partial charge in [0.15, 0.2) is 5.17 Å². The van der Waals surface area contributed by atoms with Crippen molar-refractivity contribution in [3.63, 3.8) is 0 Å². The monoisotopic (exact) mass is 469 g/mol. The van der Waals surface area contributed by atoms with Crippen molar-refractivity contribution in [3.05, 3.63) is 85.5 Å². The summed E-state index contributed by atoms with van der Waals surface area (Å²) in [5, 5.41) is 4.47. The Kier molecular flexibility index (Phi) is 6.02. The molecule has 1 aromatic heterocycles. The summed E-state index contributed by atoms with van der Waals surface area (Å²) in [6.07, 6.45) is 1.90. The molecule has 4 nitrogen and oxygen atoms in total. The molecular weight excluding hydrogens is 449 g/mol. The number of amidine groups is 1. The molecule has 1 fully saturated rings. The average Bonchev–Trinajstić information content (AvgIpc) is 3.19. The fourth-order valence-electron chi connectivity index (χ4n) is 3.62. The van der Waals surface area contributed by atoms with Gasteiger partial charge in [-0.05, 0) is 87.0 Å². The van der Waals surface area contributed by atoms with Gasteiger partial charge in [-0.2, -0.15) is 0 Å². The first-order valence-corrected chi connectivity index (χ1v) is 11.3. The number of aryl methyl sites for hydroxylation is 3. The number of benzene rings is 2. The minimum Gasteiger partial charge on any atom is -0.318 e. The number of carbonyl (C=O) groups excluding carboxylic acids is 1. The standard InChI is InChI=1S/C24H21Cl2N3OS/c1-13-5-8-21(14(2)9-13)27-24-28-23(30)22(31-24)11-17-10-15(3)29(16(17)4)18-6-7-19(25)20(26)12-18/h5-12H,1-4H3,(H,27,28,30)/b22-11-. The Balaban J connectivity index is 1.65. The molecule has 31 heavy (non-hydrogen) atoms. The van der Waals surface area contributed by atoms with Crippen molar-refractivity contribution in [2.75, 3.05) is 0 Å². The Labute approximate surface area is 196 Å². The molecule has 0 radical (unpaired) electrons. The molecule has 1 aliphatic rings. The van der Waals surface area contributed by atoms with E-state index in [0.717, 1.165) is 33.9 Å². The highest BCUT2D eigenvalue weighted by atomic mass is 35.5. The summed E-state index contributed by atoms with van der Waals surface area (Å²) >= 11 is 13.6. The van der Waals surface area contributed by atoms with Crippen LogP contribution in [0.1, 0.15) is 28.1 Å². The van der Waals surface area contributed by atoms with Gasteiger partial charge in [-0.25, -0.2) is 4.99 Å². The van der Waals surface area contributed by atoms with Crippen LogP contribution in [0.15, 0.2) is 52.4 Å². The van der Waals surface area contributed by atoms with Crippen LogP contribution in [0.3, 0.4) is 0 Å². The van der Waals surface area contributed by atoms with Gasteiger partial charge in [-0.3, -0.25) is 4.79 Å². The lowest BCUT2D eigenvalue weighted by Gasteiger charge is -2.10. The second kappa shape index (κ2) is 8.58. The Morgan fingerprint density at radius 3 is 2.48 bits per heavy atom. The number of carbonyl (C=O) groups is 1. The van der Waals surface area contributed by atoms with Gasteiger partial charge in [0.1, 0.15) is 0 Å². The zero-order valence-electron chi connectivity index (χ0n) is 17.6. The molecule has 1 N–H and O–H groups in total. The molecule has 2 aromatic carbocycles. The minimum atomic E-state index is -0.146. The number of hydrogen-bond acceptors (Lipinski definition) is 3. The number of rotatable bonds is 3. The van der Waals surface area contributed by atoms with E-state index in [-0.39, 0.29) is 5.91 Å². The smallest absolute Gasteiger partial charge is 0.264 e. The summed E-state index contributed by atoms with van der Waals surface area (Å²) in [7, 11) is 0. The molecule has 1 saturated heterocycles. The maximum Gasteiger partial charge on any atom is 0.264 e. The van der Waals surface area contributed by atoms with Crippen molar-refractivity contribution < 1.29 is 4.79 Å². The van der Waals surface area contributed by atoms with Gasteiger partial charge in [-0.15, -0.1) is 0 Å². The second-order valence-corrected chi connectivity index (χ2v) is 9.38. The molecule has 158 valence electrons. The molecule has 0 unspecified atom stereocenters. The largest absolute Gasteiger partial charge is 0.318 e. The van der Waals surface area contributed by atoms with Crippen LogP contribution in [-0.2, 0) is 4.79 Å². The number of amides is 1. The molecule has 0 bridgehead atoms. The van der Waals surface area contributed by atoms with Crippen LogP contribution in [0.2, 0.25) is 10.0 Å². The third-order valence-corrected chi connectivity index (χ3v) is 6.79. The van der Waals surface area contributed by atoms with E-state index in [9.17, 15) is 4.79 Å². The van der Waals surface area contributed by atoms with Crippen molar-refractivity contribution in [2.24, 2.45) is 4.99 Å². The van der Waals surface area contributed by atoms with E-state index in [1.54, 1.807) is 6.07 Å². The minimum absolute atomic E-state index is 0.146. The van der Waals surface area contributed by atoms with E-state index in [1.807, 2.05) is 58.0 Å². The van der Waals surface area contributed by atoms with Crippen LogP contribution in [0, 0.1) is 27.7 Å². The zero-order valence-corrected chi connectivity index (χ0v) is 19.9. The number of aromatic nitrogens is 1. The van der Waals surface area contributed by atoms with Crippen molar-refractivity contribution in [1.82, 2.24) is 9.88 Å². The molecule has 7 heteroatoms. The number of halogens is 2. The van der Waals surface area contributed by atoms with Crippen LogP contribution in [0.25, 0.3) is 11.8 Å². The average molecular weight is 470 g/mol. The normalized spacial score (nSPS) is 16.4. The first-order valence-electron chi connectivity index (χ1n) is 9.74. The van der Waals surface area contributed by atoms with Crippen LogP contribution < -0.4 is 5.32 Å². The lowest BCUT2D eigenvalue weighted by atomic mass is 10.1. The van der Waals surface area contributed by atoms with Crippen molar-refractivity contribution in [2.45, 2.75) is 27.7 Å². The maximum atomic E-state index is 12.6. The van der Waals surface area contributed by atoms with Gasteiger partial charge in [0, 0.05) is 17.1 Å². The fourth-order valence-corrected chi connectivity index (χ4v) is 4.74. The molecule has 0 aliphatic carbocycles. The lowest BCUT2D eigenvalue weighted by molar-refractivity contribution is -0.115. The SMILES string of the molecule is Cc1ccc(N=C2NC(=O)/C(=C/c3cc(C)n(-c4ccc(Cl)c(Cl)c4)c3C)S2)c(C)c1.